The summed E-state index contributed by atoms with van der Waals surface area (Å²) in [5, 5.41) is 0.443. The van der Waals surface area contributed by atoms with Crippen LogP contribution >= 0.6 is 0 Å². The van der Waals surface area contributed by atoms with Crippen LogP contribution in [0.15, 0.2) is 0 Å². The summed E-state index contributed by atoms with van der Waals surface area (Å²) in [5.74, 6) is -25.1. The molecule has 0 spiro atoms. The topological polar surface area (TPSA) is 9.23 Å². The zero-order valence-corrected chi connectivity index (χ0v) is 19.1. The average molecular weight is 502 g/mol. The van der Waals surface area contributed by atoms with E-state index in [1.165, 1.54) is 0 Å². The quantitative estimate of drug-likeness (QED) is 0.201. The molecule has 0 fully saturated rings. The molecule has 2 rings (SSSR count). The van der Waals surface area contributed by atoms with E-state index in [4.69, 9.17) is 3.71 Å². The van der Waals surface area contributed by atoms with Crippen molar-refractivity contribution in [3.63, 3.8) is 0 Å². The van der Waals surface area contributed by atoms with Crippen LogP contribution in [0.4, 0.5) is 43.9 Å². The van der Waals surface area contributed by atoms with Crippen LogP contribution in [0.5, 0.6) is 0 Å². The Hall–Kier alpha value is -1.70. The highest BCUT2D eigenvalue weighted by molar-refractivity contribution is 6.85. The third kappa shape index (κ3) is 5.52. The van der Waals surface area contributed by atoms with Gasteiger partial charge in [0.15, 0.2) is 58.2 Å². The standard InChI is InChI=1S/C12BF10O.2C4H9.Al/c14-3-1(4(15)8(19)11(22)7(3)18)13(24)2-5(16)9(20)12(23)10(21)6(2)17;2*1-4(2)3;/h;2*4H,1H2,2-3H3;/q-1;;;+1. The number of rotatable bonds is 8. The van der Waals surface area contributed by atoms with E-state index >= 15 is 0 Å². The fourth-order valence-corrected chi connectivity index (χ4v) is 6.61. The van der Waals surface area contributed by atoms with E-state index in [1.807, 2.05) is 0 Å². The highest BCUT2D eigenvalue weighted by atomic mass is 27.2. The summed E-state index contributed by atoms with van der Waals surface area (Å²) in [7, 11) is 0. The van der Waals surface area contributed by atoms with Crippen LogP contribution in [0, 0.1) is 70.0 Å². The molecule has 0 N–H and O–H groups in total. The van der Waals surface area contributed by atoms with Gasteiger partial charge in [-0.25, -0.2) is 43.9 Å². The van der Waals surface area contributed by atoms with Crippen molar-refractivity contribution in [2.24, 2.45) is 11.8 Å². The van der Waals surface area contributed by atoms with Crippen molar-refractivity contribution in [3.05, 3.63) is 58.2 Å². The Labute approximate surface area is 188 Å². The number of hydrogen-bond donors (Lipinski definition) is 0. The van der Waals surface area contributed by atoms with Gasteiger partial charge >= 0.3 is 21.4 Å². The molecule has 0 aliphatic heterocycles. The Morgan fingerprint density at radius 3 is 1.00 bits per heavy atom. The summed E-state index contributed by atoms with van der Waals surface area (Å²) >= 11 is -2.76. The molecule has 0 bridgehead atoms. The summed E-state index contributed by atoms with van der Waals surface area (Å²) in [4.78, 5) is 0. The predicted octanol–water partition coefficient (Wildman–Crippen LogP) is 5.50. The van der Waals surface area contributed by atoms with Crippen LogP contribution in [0.3, 0.4) is 0 Å². The van der Waals surface area contributed by atoms with Gasteiger partial charge in [-0.15, -0.1) is 0 Å². The molecule has 180 valence electrons. The molecule has 0 aromatic heterocycles. The average Bonchev–Trinajstić information content (AvgIpc) is 2.72. The summed E-state index contributed by atoms with van der Waals surface area (Å²) in [5.41, 5.74) is -3.67. The van der Waals surface area contributed by atoms with E-state index in [1.54, 1.807) is 27.7 Å². The summed E-state index contributed by atoms with van der Waals surface area (Å²) in [6.45, 7) is 4.10. The third-order valence-electron chi connectivity index (χ3n) is 4.81. The maximum Gasteiger partial charge on any atom is 0.446 e. The van der Waals surface area contributed by atoms with Crippen molar-refractivity contribution in [2.45, 2.75) is 38.3 Å². The molecule has 0 aliphatic rings. The Kier molecular flexibility index (Phi) is 8.93. The highest BCUT2D eigenvalue weighted by Crippen LogP contribution is 2.23. The van der Waals surface area contributed by atoms with E-state index in [0.29, 0.717) is 0 Å². The number of benzene rings is 2. The minimum absolute atomic E-state index is 0.117. The van der Waals surface area contributed by atoms with Crippen LogP contribution in [0.2, 0.25) is 10.6 Å². The molecule has 33 heavy (non-hydrogen) atoms. The molecule has 13 heteroatoms. The monoisotopic (exact) mass is 502 g/mol. The lowest BCUT2D eigenvalue weighted by atomic mass is 9.54. The van der Waals surface area contributed by atoms with Crippen LogP contribution in [0.1, 0.15) is 27.7 Å². The molecular formula is C20H18AlBF10O. The third-order valence-corrected chi connectivity index (χ3v) is 8.40. The van der Waals surface area contributed by atoms with Crippen molar-refractivity contribution < 1.29 is 47.6 Å². The lowest BCUT2D eigenvalue weighted by Gasteiger charge is -2.25. The largest absolute Gasteiger partial charge is 0.560 e. The van der Waals surface area contributed by atoms with E-state index in [2.05, 4.69) is 0 Å². The second-order valence-corrected chi connectivity index (χ2v) is 10.8. The number of halogens is 10. The zero-order valence-electron chi connectivity index (χ0n) is 17.9. The first-order valence-electron chi connectivity index (χ1n) is 9.88. The first kappa shape index (κ1) is 27.5. The molecule has 0 heterocycles. The van der Waals surface area contributed by atoms with Gasteiger partial charge in [0.1, 0.15) is 0 Å². The SMILES string of the molecule is CC(C)[CH2][Al]([CH2]C(C)C)[O]B(c1c(F)c(F)c(F)c(F)c1F)c1c(F)c(F)c(F)c(F)c1F. The van der Waals surface area contributed by atoms with Crippen molar-refractivity contribution in [2.75, 3.05) is 0 Å². The summed E-state index contributed by atoms with van der Waals surface area (Å²) in [6.07, 6.45) is 0. The molecule has 1 nitrogen and oxygen atoms in total. The smallest absolute Gasteiger partial charge is 0.446 e. The Morgan fingerprint density at radius 1 is 0.515 bits per heavy atom. The second-order valence-electron chi connectivity index (χ2n) is 8.36. The lowest BCUT2D eigenvalue weighted by Crippen LogP contribution is -2.55. The van der Waals surface area contributed by atoms with E-state index in [0.717, 1.165) is 0 Å². The van der Waals surface area contributed by atoms with E-state index < -0.39 is 90.5 Å². The first-order valence-corrected chi connectivity index (χ1v) is 12.0. The van der Waals surface area contributed by atoms with E-state index in [9.17, 15) is 43.9 Å². The van der Waals surface area contributed by atoms with Gasteiger partial charge in [0.2, 0.25) is 0 Å². The van der Waals surface area contributed by atoms with Crippen molar-refractivity contribution in [3.8, 4) is 0 Å². The molecule has 0 atom stereocenters. The first-order chi connectivity index (χ1) is 15.2. The van der Waals surface area contributed by atoms with Gasteiger partial charge in [-0.2, -0.15) is 0 Å². The Bertz CT molecular complexity index is 909. The van der Waals surface area contributed by atoms with E-state index in [-0.39, 0.29) is 22.4 Å². The van der Waals surface area contributed by atoms with Gasteiger partial charge in [-0.05, 0) is 0 Å². The zero-order chi connectivity index (χ0) is 25.4. The van der Waals surface area contributed by atoms with Gasteiger partial charge in [0, 0.05) is 10.9 Å². The lowest BCUT2D eigenvalue weighted by molar-refractivity contribution is 0.379. The minimum atomic E-state index is -2.77. The fourth-order valence-electron chi connectivity index (χ4n) is 3.44. The molecule has 0 amide bonds. The Balaban J connectivity index is 2.89. The van der Waals surface area contributed by atoms with Gasteiger partial charge in [-0.1, -0.05) is 50.1 Å². The van der Waals surface area contributed by atoms with Crippen LogP contribution in [-0.4, -0.2) is 21.4 Å². The molecule has 0 unspecified atom stereocenters. The van der Waals surface area contributed by atoms with Gasteiger partial charge < -0.3 is 3.71 Å². The summed E-state index contributed by atoms with van der Waals surface area (Å²) < 4.78 is 146. The maximum atomic E-state index is 14.6. The summed E-state index contributed by atoms with van der Waals surface area (Å²) in [6, 6.07) is 0. The predicted molar refractivity (Wildman–Crippen MR) is 104 cm³/mol. The Morgan fingerprint density at radius 2 is 0.758 bits per heavy atom. The molecular weight excluding hydrogens is 484 g/mol. The maximum absolute atomic E-state index is 14.6. The second kappa shape index (κ2) is 10.7. The molecule has 0 saturated carbocycles. The highest BCUT2D eigenvalue weighted by Gasteiger charge is 2.43. The normalized spacial score (nSPS) is 11.6. The molecule has 0 radical (unpaired) electrons. The molecule has 2 aromatic carbocycles. The van der Waals surface area contributed by atoms with Crippen molar-refractivity contribution >= 4 is 32.3 Å². The van der Waals surface area contributed by atoms with Gasteiger partial charge in [-0.3, -0.25) is 0 Å². The van der Waals surface area contributed by atoms with Crippen LogP contribution in [0.25, 0.3) is 0 Å². The van der Waals surface area contributed by atoms with Gasteiger partial charge in [0.25, 0.3) is 0 Å². The molecule has 0 saturated heterocycles. The fraction of sp³-hybridized carbons (Fsp3) is 0.400. The molecule has 2 aromatic rings. The van der Waals surface area contributed by atoms with Crippen molar-refractivity contribution in [1.82, 2.24) is 0 Å². The van der Waals surface area contributed by atoms with Crippen LogP contribution in [-0.2, 0) is 3.71 Å². The van der Waals surface area contributed by atoms with Gasteiger partial charge in [0.05, 0.1) is 0 Å². The number of hydrogen-bond acceptors (Lipinski definition) is 1. The molecule has 0 aliphatic carbocycles. The van der Waals surface area contributed by atoms with Crippen LogP contribution < -0.4 is 10.9 Å². The minimum Gasteiger partial charge on any atom is -0.560 e. The van der Waals surface area contributed by atoms with Crippen molar-refractivity contribution in [1.29, 1.82) is 0 Å².